The molecule has 0 aromatic carbocycles. The van der Waals surface area contributed by atoms with Crippen LogP contribution in [0, 0.1) is 0 Å². The molecule has 1 aliphatic rings. The van der Waals surface area contributed by atoms with Gasteiger partial charge in [-0.15, -0.1) is 0 Å². The molecular formula is C11H17NO6. The Bertz CT molecular complexity index is 342. The minimum absolute atomic E-state index is 0.0111. The number of ether oxygens (including phenoxy) is 1. The molecule has 1 fully saturated rings. The van der Waals surface area contributed by atoms with E-state index in [-0.39, 0.29) is 18.9 Å². The van der Waals surface area contributed by atoms with E-state index in [1.807, 2.05) is 6.92 Å². The van der Waals surface area contributed by atoms with Crippen LogP contribution in [-0.2, 0) is 19.1 Å². The summed E-state index contributed by atoms with van der Waals surface area (Å²) in [5.74, 6) is -2.82. The Hall–Kier alpha value is -1.63. The summed E-state index contributed by atoms with van der Waals surface area (Å²) in [5.41, 5.74) is 0. The molecule has 3 unspecified atom stereocenters. The minimum atomic E-state index is -1.24. The molecule has 0 spiro atoms. The van der Waals surface area contributed by atoms with Crippen LogP contribution in [0.15, 0.2) is 0 Å². The first-order valence-corrected chi connectivity index (χ1v) is 5.80. The van der Waals surface area contributed by atoms with E-state index in [2.05, 4.69) is 5.32 Å². The minimum Gasteiger partial charge on any atom is -0.481 e. The number of carbonyl (C=O) groups is 3. The topological polar surface area (TPSA) is 113 Å². The first kappa shape index (κ1) is 14.4. The normalized spacial score (nSPS) is 24.5. The summed E-state index contributed by atoms with van der Waals surface area (Å²) in [7, 11) is 0. The molecular weight excluding hydrogens is 242 g/mol. The van der Waals surface area contributed by atoms with Gasteiger partial charge in [-0.05, 0) is 26.2 Å². The molecule has 7 heteroatoms. The van der Waals surface area contributed by atoms with Crippen molar-refractivity contribution in [2.75, 3.05) is 0 Å². The van der Waals surface area contributed by atoms with Crippen LogP contribution in [0.2, 0.25) is 0 Å². The molecule has 3 N–H and O–H groups in total. The van der Waals surface area contributed by atoms with E-state index in [1.165, 1.54) is 0 Å². The molecule has 0 aliphatic carbocycles. The lowest BCUT2D eigenvalue weighted by molar-refractivity contribution is -0.145. The van der Waals surface area contributed by atoms with Crippen LogP contribution in [0.3, 0.4) is 0 Å². The Morgan fingerprint density at radius 2 is 2.00 bits per heavy atom. The number of hydrogen-bond acceptors (Lipinski definition) is 4. The Labute approximate surface area is 104 Å². The van der Waals surface area contributed by atoms with E-state index >= 15 is 0 Å². The Morgan fingerprint density at radius 1 is 1.33 bits per heavy atom. The number of amides is 1. The third kappa shape index (κ3) is 4.33. The van der Waals surface area contributed by atoms with Crippen molar-refractivity contribution in [2.45, 2.75) is 50.9 Å². The van der Waals surface area contributed by atoms with Crippen LogP contribution in [0.25, 0.3) is 0 Å². The van der Waals surface area contributed by atoms with Gasteiger partial charge in [-0.2, -0.15) is 0 Å². The number of carboxylic acid groups (broad SMARTS) is 2. The molecule has 18 heavy (non-hydrogen) atoms. The van der Waals surface area contributed by atoms with Gasteiger partial charge in [-0.3, -0.25) is 9.59 Å². The molecule has 7 nitrogen and oxygen atoms in total. The van der Waals surface area contributed by atoms with Crippen LogP contribution >= 0.6 is 0 Å². The fourth-order valence-electron chi connectivity index (χ4n) is 1.79. The van der Waals surface area contributed by atoms with E-state index in [0.717, 1.165) is 6.42 Å². The molecule has 0 bridgehead atoms. The van der Waals surface area contributed by atoms with E-state index < -0.39 is 30.0 Å². The molecule has 1 saturated heterocycles. The Kier molecular flexibility index (Phi) is 5.08. The highest BCUT2D eigenvalue weighted by Gasteiger charge is 2.31. The summed E-state index contributed by atoms with van der Waals surface area (Å²) < 4.78 is 5.31. The van der Waals surface area contributed by atoms with Gasteiger partial charge in [0.15, 0.2) is 0 Å². The Balaban J connectivity index is 2.47. The molecule has 0 saturated carbocycles. The molecule has 3 atom stereocenters. The van der Waals surface area contributed by atoms with Crippen molar-refractivity contribution < 1.29 is 29.3 Å². The molecule has 0 aromatic heterocycles. The number of rotatable bonds is 6. The number of aliphatic carboxylic acids is 2. The summed E-state index contributed by atoms with van der Waals surface area (Å²) >= 11 is 0. The second-order valence-electron chi connectivity index (χ2n) is 4.34. The van der Waals surface area contributed by atoms with E-state index in [1.54, 1.807) is 0 Å². The van der Waals surface area contributed by atoms with Crippen molar-refractivity contribution in [3.05, 3.63) is 0 Å². The maximum absolute atomic E-state index is 11.7. The van der Waals surface area contributed by atoms with Gasteiger partial charge in [0, 0.05) is 6.42 Å². The molecule has 1 amide bonds. The summed E-state index contributed by atoms with van der Waals surface area (Å²) in [4.78, 5) is 33.0. The van der Waals surface area contributed by atoms with Crippen molar-refractivity contribution in [3.63, 3.8) is 0 Å². The van der Waals surface area contributed by atoms with Crippen molar-refractivity contribution in [2.24, 2.45) is 0 Å². The predicted octanol–water partition coefficient (Wildman–Crippen LogP) is -0.0119. The van der Waals surface area contributed by atoms with E-state index in [0.29, 0.717) is 6.42 Å². The molecule has 1 rings (SSSR count). The van der Waals surface area contributed by atoms with Gasteiger partial charge in [0.05, 0.1) is 6.10 Å². The summed E-state index contributed by atoms with van der Waals surface area (Å²) in [6.45, 7) is 1.84. The SMILES string of the molecule is CC1CCC(C(=O)NC(CCC(=O)O)C(=O)O)O1. The van der Waals surface area contributed by atoms with Crippen LogP contribution < -0.4 is 5.32 Å². The predicted molar refractivity (Wildman–Crippen MR) is 60.0 cm³/mol. The first-order valence-electron chi connectivity index (χ1n) is 5.80. The van der Waals surface area contributed by atoms with Gasteiger partial charge in [-0.1, -0.05) is 0 Å². The van der Waals surface area contributed by atoms with Crippen molar-refractivity contribution in [3.8, 4) is 0 Å². The third-order valence-electron chi connectivity index (χ3n) is 2.79. The smallest absolute Gasteiger partial charge is 0.326 e. The molecule has 102 valence electrons. The number of nitrogens with one attached hydrogen (secondary N) is 1. The van der Waals surface area contributed by atoms with Gasteiger partial charge in [-0.25, -0.2) is 4.79 Å². The number of carbonyl (C=O) groups excluding carboxylic acids is 1. The second kappa shape index (κ2) is 6.34. The Morgan fingerprint density at radius 3 is 2.44 bits per heavy atom. The second-order valence-corrected chi connectivity index (χ2v) is 4.34. The quantitative estimate of drug-likeness (QED) is 0.618. The van der Waals surface area contributed by atoms with Gasteiger partial charge in [0.2, 0.25) is 5.91 Å². The lowest BCUT2D eigenvalue weighted by atomic mass is 10.1. The average molecular weight is 259 g/mol. The zero-order valence-electron chi connectivity index (χ0n) is 10.1. The van der Waals surface area contributed by atoms with Crippen molar-refractivity contribution >= 4 is 17.8 Å². The highest BCUT2D eigenvalue weighted by atomic mass is 16.5. The van der Waals surface area contributed by atoms with Gasteiger partial charge in [0.1, 0.15) is 12.1 Å². The highest BCUT2D eigenvalue weighted by molar-refractivity contribution is 5.86. The summed E-state index contributed by atoms with van der Waals surface area (Å²) in [6.07, 6.45) is 0.218. The molecule has 1 aliphatic heterocycles. The van der Waals surface area contributed by atoms with Crippen LogP contribution in [0.4, 0.5) is 0 Å². The lowest BCUT2D eigenvalue weighted by Crippen LogP contribution is -2.45. The third-order valence-corrected chi connectivity index (χ3v) is 2.79. The number of hydrogen-bond donors (Lipinski definition) is 3. The maximum Gasteiger partial charge on any atom is 0.326 e. The van der Waals surface area contributed by atoms with Crippen molar-refractivity contribution in [1.29, 1.82) is 0 Å². The van der Waals surface area contributed by atoms with E-state index in [9.17, 15) is 14.4 Å². The standard InChI is InChI=1S/C11H17NO6/c1-6-2-4-8(18-6)10(15)12-7(11(16)17)3-5-9(13)14/h6-8H,2-5H2,1H3,(H,12,15)(H,13,14)(H,16,17). The highest BCUT2D eigenvalue weighted by Crippen LogP contribution is 2.19. The molecule has 0 aromatic rings. The zero-order chi connectivity index (χ0) is 13.7. The lowest BCUT2D eigenvalue weighted by Gasteiger charge is -2.16. The monoisotopic (exact) mass is 259 g/mol. The van der Waals surface area contributed by atoms with Crippen LogP contribution in [0.1, 0.15) is 32.6 Å². The zero-order valence-corrected chi connectivity index (χ0v) is 10.1. The summed E-state index contributed by atoms with van der Waals surface area (Å²) in [5, 5.41) is 19.7. The van der Waals surface area contributed by atoms with Gasteiger partial charge < -0.3 is 20.3 Å². The van der Waals surface area contributed by atoms with Crippen LogP contribution in [0.5, 0.6) is 0 Å². The van der Waals surface area contributed by atoms with Crippen LogP contribution in [-0.4, -0.2) is 46.3 Å². The first-order chi connectivity index (χ1) is 8.40. The fourth-order valence-corrected chi connectivity index (χ4v) is 1.79. The fraction of sp³-hybridized carbons (Fsp3) is 0.727. The van der Waals surface area contributed by atoms with E-state index in [4.69, 9.17) is 14.9 Å². The van der Waals surface area contributed by atoms with Gasteiger partial charge >= 0.3 is 11.9 Å². The average Bonchev–Trinajstić information content (AvgIpc) is 2.70. The van der Waals surface area contributed by atoms with Crippen molar-refractivity contribution in [1.82, 2.24) is 5.32 Å². The molecule has 0 radical (unpaired) electrons. The van der Waals surface area contributed by atoms with Gasteiger partial charge in [0.25, 0.3) is 0 Å². The molecule has 1 heterocycles. The summed E-state index contributed by atoms with van der Waals surface area (Å²) in [6, 6.07) is -1.19. The largest absolute Gasteiger partial charge is 0.481 e. The maximum atomic E-state index is 11.7. The number of carboxylic acids is 2.